The Bertz CT molecular complexity index is 564. The number of rotatable bonds is 3. The lowest BCUT2D eigenvalue weighted by Gasteiger charge is -2.05. The standard InChI is InChI=1S/C11H14N4OS/c1-8-3-4-9(12)5-11(8)17(16)7-10-6-15(2)14-13-10/h3-6H,7,12H2,1-2H3. The van der Waals surface area contributed by atoms with Gasteiger partial charge in [0.25, 0.3) is 0 Å². The highest BCUT2D eigenvalue weighted by Crippen LogP contribution is 2.18. The van der Waals surface area contributed by atoms with E-state index in [0.717, 1.165) is 10.5 Å². The van der Waals surface area contributed by atoms with Crippen molar-refractivity contribution in [2.75, 3.05) is 5.73 Å². The van der Waals surface area contributed by atoms with Gasteiger partial charge in [-0.3, -0.25) is 8.89 Å². The Morgan fingerprint density at radius 1 is 1.47 bits per heavy atom. The van der Waals surface area contributed by atoms with E-state index < -0.39 is 10.8 Å². The summed E-state index contributed by atoms with van der Waals surface area (Å²) in [6.07, 6.45) is 1.76. The number of benzene rings is 1. The fourth-order valence-corrected chi connectivity index (χ4v) is 2.79. The third-order valence-corrected chi connectivity index (χ3v) is 3.87. The zero-order chi connectivity index (χ0) is 12.4. The minimum absolute atomic E-state index is 0.359. The van der Waals surface area contributed by atoms with Crippen molar-refractivity contribution in [3.8, 4) is 0 Å². The van der Waals surface area contributed by atoms with E-state index in [1.54, 1.807) is 30.1 Å². The fourth-order valence-electron chi connectivity index (χ4n) is 1.54. The molecule has 5 nitrogen and oxygen atoms in total. The molecule has 0 aliphatic rings. The summed E-state index contributed by atoms with van der Waals surface area (Å²) in [6.45, 7) is 1.92. The molecule has 0 spiro atoms. The highest BCUT2D eigenvalue weighted by Gasteiger charge is 2.10. The number of aromatic nitrogens is 3. The predicted molar refractivity (Wildman–Crippen MR) is 66.7 cm³/mol. The molecule has 0 aliphatic heterocycles. The van der Waals surface area contributed by atoms with E-state index in [0.29, 0.717) is 17.1 Å². The van der Waals surface area contributed by atoms with Crippen LogP contribution in [0.2, 0.25) is 0 Å². The highest BCUT2D eigenvalue weighted by molar-refractivity contribution is 7.84. The van der Waals surface area contributed by atoms with Gasteiger partial charge in [-0.25, -0.2) is 0 Å². The summed E-state index contributed by atoms with van der Waals surface area (Å²) in [5.74, 6) is 0.359. The summed E-state index contributed by atoms with van der Waals surface area (Å²) in [4.78, 5) is 0.760. The fraction of sp³-hybridized carbons (Fsp3) is 0.273. The summed E-state index contributed by atoms with van der Waals surface area (Å²) in [7, 11) is 0.644. The Morgan fingerprint density at radius 2 is 2.24 bits per heavy atom. The molecule has 0 fully saturated rings. The normalized spacial score (nSPS) is 12.6. The van der Waals surface area contributed by atoms with Crippen LogP contribution in [0.4, 0.5) is 5.69 Å². The minimum atomic E-state index is -1.14. The summed E-state index contributed by atoms with van der Waals surface area (Å²) in [5.41, 5.74) is 8.01. The van der Waals surface area contributed by atoms with E-state index in [4.69, 9.17) is 5.73 Å². The summed E-state index contributed by atoms with van der Waals surface area (Å²) < 4.78 is 13.8. The average molecular weight is 250 g/mol. The molecule has 2 aromatic rings. The van der Waals surface area contributed by atoms with Crippen molar-refractivity contribution in [3.63, 3.8) is 0 Å². The first kappa shape index (κ1) is 11.8. The average Bonchev–Trinajstić information content (AvgIpc) is 2.67. The summed E-state index contributed by atoms with van der Waals surface area (Å²) in [6, 6.07) is 5.43. The first-order chi connectivity index (χ1) is 8.06. The van der Waals surface area contributed by atoms with Crippen molar-refractivity contribution in [1.29, 1.82) is 0 Å². The SMILES string of the molecule is Cc1ccc(N)cc1S(=O)Cc1cn(C)nn1. The zero-order valence-corrected chi connectivity index (χ0v) is 10.6. The van der Waals surface area contributed by atoms with E-state index in [-0.39, 0.29) is 0 Å². The van der Waals surface area contributed by atoms with Crippen molar-refractivity contribution >= 4 is 16.5 Å². The monoisotopic (exact) mass is 250 g/mol. The van der Waals surface area contributed by atoms with Crippen LogP contribution in [0.1, 0.15) is 11.3 Å². The predicted octanol–water partition coefficient (Wildman–Crippen LogP) is 1.01. The third kappa shape index (κ3) is 2.71. The topological polar surface area (TPSA) is 73.8 Å². The quantitative estimate of drug-likeness (QED) is 0.825. The number of aryl methyl sites for hydroxylation is 2. The molecular weight excluding hydrogens is 236 g/mol. The van der Waals surface area contributed by atoms with Gasteiger partial charge in [-0.05, 0) is 24.6 Å². The molecule has 2 rings (SSSR count). The third-order valence-electron chi connectivity index (χ3n) is 2.39. The van der Waals surface area contributed by atoms with Crippen molar-refractivity contribution in [1.82, 2.24) is 15.0 Å². The van der Waals surface area contributed by atoms with Gasteiger partial charge in [-0.15, -0.1) is 5.10 Å². The molecular formula is C11H14N4OS. The largest absolute Gasteiger partial charge is 0.399 e. The Hall–Kier alpha value is -1.69. The van der Waals surface area contributed by atoms with E-state index in [9.17, 15) is 4.21 Å². The van der Waals surface area contributed by atoms with E-state index in [2.05, 4.69) is 10.3 Å². The lowest BCUT2D eigenvalue weighted by Crippen LogP contribution is -2.00. The summed E-state index contributed by atoms with van der Waals surface area (Å²) in [5, 5.41) is 7.73. The number of nitrogen functional groups attached to an aromatic ring is 1. The van der Waals surface area contributed by atoms with Crippen LogP contribution in [0.5, 0.6) is 0 Å². The van der Waals surface area contributed by atoms with Gasteiger partial charge in [0.15, 0.2) is 0 Å². The van der Waals surface area contributed by atoms with Gasteiger partial charge >= 0.3 is 0 Å². The summed E-state index contributed by atoms with van der Waals surface area (Å²) >= 11 is 0. The van der Waals surface area contributed by atoms with Gasteiger partial charge in [-0.1, -0.05) is 11.3 Å². The molecule has 0 saturated heterocycles. The second kappa shape index (κ2) is 4.67. The Kier molecular flexibility index (Phi) is 3.23. The van der Waals surface area contributed by atoms with Crippen LogP contribution in [0.25, 0.3) is 0 Å². The second-order valence-electron chi connectivity index (χ2n) is 3.90. The molecule has 6 heteroatoms. The lowest BCUT2D eigenvalue weighted by molar-refractivity contribution is 0.681. The molecule has 2 N–H and O–H groups in total. The molecule has 1 heterocycles. The van der Waals surface area contributed by atoms with Crippen molar-refractivity contribution < 1.29 is 4.21 Å². The first-order valence-corrected chi connectivity index (χ1v) is 6.48. The second-order valence-corrected chi connectivity index (χ2v) is 5.32. The number of hydrogen-bond donors (Lipinski definition) is 1. The van der Waals surface area contributed by atoms with E-state index in [1.807, 2.05) is 13.0 Å². The van der Waals surface area contributed by atoms with Crippen molar-refractivity contribution in [3.05, 3.63) is 35.7 Å². The molecule has 0 bridgehead atoms. The Morgan fingerprint density at radius 3 is 2.88 bits per heavy atom. The van der Waals surface area contributed by atoms with Gasteiger partial charge < -0.3 is 5.73 Å². The maximum Gasteiger partial charge on any atom is 0.0955 e. The molecule has 1 atom stereocenters. The molecule has 90 valence electrons. The molecule has 0 amide bonds. The molecule has 0 radical (unpaired) electrons. The molecule has 1 unspecified atom stereocenters. The van der Waals surface area contributed by atoms with E-state index in [1.165, 1.54) is 0 Å². The van der Waals surface area contributed by atoms with E-state index >= 15 is 0 Å². The van der Waals surface area contributed by atoms with Crippen LogP contribution in [0, 0.1) is 6.92 Å². The van der Waals surface area contributed by atoms with Gasteiger partial charge in [0.2, 0.25) is 0 Å². The van der Waals surface area contributed by atoms with Crippen molar-refractivity contribution in [2.45, 2.75) is 17.6 Å². The number of nitrogens with two attached hydrogens (primary N) is 1. The van der Waals surface area contributed by atoms with Crippen LogP contribution in [-0.2, 0) is 23.6 Å². The minimum Gasteiger partial charge on any atom is -0.399 e. The van der Waals surface area contributed by atoms with Crippen molar-refractivity contribution in [2.24, 2.45) is 7.05 Å². The number of hydrogen-bond acceptors (Lipinski definition) is 4. The molecule has 0 aliphatic carbocycles. The van der Waals surface area contributed by atoms with Crippen LogP contribution in [0.3, 0.4) is 0 Å². The highest BCUT2D eigenvalue weighted by atomic mass is 32.2. The Balaban J connectivity index is 2.22. The number of anilines is 1. The van der Waals surface area contributed by atoms with Gasteiger partial charge in [0.1, 0.15) is 0 Å². The smallest absolute Gasteiger partial charge is 0.0955 e. The molecule has 17 heavy (non-hydrogen) atoms. The zero-order valence-electron chi connectivity index (χ0n) is 9.75. The van der Waals surface area contributed by atoms with Crippen LogP contribution < -0.4 is 5.73 Å². The van der Waals surface area contributed by atoms with Gasteiger partial charge in [0.05, 0.1) is 22.2 Å². The van der Waals surface area contributed by atoms with Crippen LogP contribution in [-0.4, -0.2) is 19.2 Å². The van der Waals surface area contributed by atoms with Crippen LogP contribution >= 0.6 is 0 Å². The first-order valence-electron chi connectivity index (χ1n) is 5.16. The number of nitrogens with zero attached hydrogens (tertiary/aromatic N) is 3. The maximum absolute atomic E-state index is 12.2. The molecule has 0 saturated carbocycles. The molecule has 1 aromatic carbocycles. The lowest BCUT2D eigenvalue weighted by atomic mass is 10.2. The Labute approximate surface area is 102 Å². The molecule has 1 aromatic heterocycles. The van der Waals surface area contributed by atoms with Gasteiger partial charge in [-0.2, -0.15) is 0 Å². The maximum atomic E-state index is 12.2. The van der Waals surface area contributed by atoms with Crippen LogP contribution in [0.15, 0.2) is 29.3 Å². The van der Waals surface area contributed by atoms with Gasteiger partial charge in [0, 0.05) is 23.8 Å².